The van der Waals surface area contributed by atoms with E-state index in [0.29, 0.717) is 24.9 Å². The van der Waals surface area contributed by atoms with Crippen LogP contribution in [0.25, 0.3) is 0 Å². The highest BCUT2D eigenvalue weighted by atomic mass is 32.2. The van der Waals surface area contributed by atoms with Crippen LogP contribution in [0.1, 0.15) is 43.0 Å². The van der Waals surface area contributed by atoms with Crippen LogP contribution in [-0.2, 0) is 19.2 Å². The van der Waals surface area contributed by atoms with Gasteiger partial charge in [0.1, 0.15) is 5.41 Å². The summed E-state index contributed by atoms with van der Waals surface area (Å²) in [5.41, 5.74) is 4.18. The van der Waals surface area contributed by atoms with E-state index in [1.54, 1.807) is 31.2 Å². The van der Waals surface area contributed by atoms with Gasteiger partial charge in [-0.2, -0.15) is 0 Å². The Balaban J connectivity index is 1.82. The fourth-order valence-corrected chi connectivity index (χ4v) is 4.44. The van der Waals surface area contributed by atoms with E-state index < -0.39 is 28.3 Å². The number of thioether (sulfide) groups is 1. The molecule has 0 radical (unpaired) electrons. The first-order chi connectivity index (χ1) is 15.2. The average molecular weight is 464 g/mol. The number of carbonyl (C=O) groups is 5. The number of rotatable bonds is 10. The lowest BCUT2D eigenvalue weighted by atomic mass is 9.68. The van der Waals surface area contributed by atoms with Crippen molar-refractivity contribution in [3.05, 3.63) is 35.9 Å². The SMILES string of the molecule is CC(SC(=O)c1ccccc1)C(=O)NCC1CCC(C(=O)O)(C(=O)CNC(=O)CN)CC1. The van der Waals surface area contributed by atoms with Crippen molar-refractivity contribution in [3.8, 4) is 0 Å². The number of nitrogens with two attached hydrogens (primary N) is 1. The first kappa shape index (κ1) is 25.5. The summed E-state index contributed by atoms with van der Waals surface area (Å²) in [5.74, 6) is -2.50. The molecule has 5 N–H and O–H groups in total. The Bertz CT molecular complexity index is 852. The predicted molar refractivity (Wildman–Crippen MR) is 120 cm³/mol. The van der Waals surface area contributed by atoms with Crippen LogP contribution in [0.2, 0.25) is 0 Å². The number of amides is 2. The Morgan fingerprint density at radius 3 is 2.31 bits per heavy atom. The van der Waals surface area contributed by atoms with Crippen molar-refractivity contribution in [2.75, 3.05) is 19.6 Å². The van der Waals surface area contributed by atoms with Crippen LogP contribution in [0.5, 0.6) is 0 Å². The molecule has 1 aromatic carbocycles. The zero-order valence-corrected chi connectivity index (χ0v) is 18.8. The van der Waals surface area contributed by atoms with Gasteiger partial charge in [0, 0.05) is 12.1 Å². The Morgan fingerprint density at radius 2 is 1.75 bits per heavy atom. The average Bonchev–Trinajstić information content (AvgIpc) is 2.81. The lowest BCUT2D eigenvalue weighted by Gasteiger charge is -2.35. The van der Waals surface area contributed by atoms with Crippen molar-refractivity contribution in [2.24, 2.45) is 17.1 Å². The van der Waals surface area contributed by atoms with Gasteiger partial charge in [0.05, 0.1) is 18.3 Å². The summed E-state index contributed by atoms with van der Waals surface area (Å²) in [5, 5.41) is 14.1. The largest absolute Gasteiger partial charge is 0.480 e. The number of Topliss-reactive ketones (excluding diaryl/α,β-unsaturated/α-hetero) is 1. The van der Waals surface area contributed by atoms with Gasteiger partial charge in [-0.05, 0) is 38.5 Å². The molecule has 9 nitrogen and oxygen atoms in total. The minimum absolute atomic E-state index is 0.0277. The summed E-state index contributed by atoms with van der Waals surface area (Å²) < 4.78 is 0. The number of hydrogen-bond donors (Lipinski definition) is 4. The number of carboxylic acids is 1. The fourth-order valence-electron chi connectivity index (χ4n) is 3.65. The molecule has 174 valence electrons. The number of ketones is 1. The number of benzene rings is 1. The Labute approximate surface area is 190 Å². The number of carbonyl (C=O) groups excluding carboxylic acids is 4. The maximum absolute atomic E-state index is 12.5. The van der Waals surface area contributed by atoms with Gasteiger partial charge in [-0.3, -0.25) is 24.0 Å². The van der Waals surface area contributed by atoms with Crippen LogP contribution < -0.4 is 16.4 Å². The maximum Gasteiger partial charge on any atom is 0.317 e. The van der Waals surface area contributed by atoms with Crippen molar-refractivity contribution in [1.82, 2.24) is 10.6 Å². The molecule has 32 heavy (non-hydrogen) atoms. The molecule has 2 rings (SSSR count). The van der Waals surface area contributed by atoms with Crippen molar-refractivity contribution in [1.29, 1.82) is 0 Å². The highest BCUT2D eigenvalue weighted by Gasteiger charge is 2.47. The first-order valence-electron chi connectivity index (χ1n) is 10.5. The molecule has 0 heterocycles. The Kier molecular flexibility index (Phi) is 9.40. The second-order valence-electron chi connectivity index (χ2n) is 7.89. The molecule has 0 bridgehead atoms. The van der Waals surface area contributed by atoms with E-state index >= 15 is 0 Å². The van der Waals surface area contributed by atoms with E-state index in [0.717, 1.165) is 11.8 Å². The summed E-state index contributed by atoms with van der Waals surface area (Å²) in [6, 6.07) is 8.72. The smallest absolute Gasteiger partial charge is 0.317 e. The van der Waals surface area contributed by atoms with Crippen molar-refractivity contribution < 1.29 is 29.1 Å². The molecule has 2 amide bonds. The topological polar surface area (TPSA) is 156 Å². The quantitative estimate of drug-likeness (QED) is 0.374. The molecular weight excluding hydrogens is 434 g/mol. The van der Waals surface area contributed by atoms with E-state index in [4.69, 9.17) is 5.73 Å². The molecule has 1 saturated carbocycles. The molecule has 1 atom stereocenters. The number of carboxylic acid groups (broad SMARTS) is 1. The summed E-state index contributed by atoms with van der Waals surface area (Å²) in [6.07, 6.45) is 1.18. The Morgan fingerprint density at radius 1 is 1.12 bits per heavy atom. The molecule has 1 fully saturated rings. The van der Waals surface area contributed by atoms with Gasteiger partial charge in [0.15, 0.2) is 5.78 Å². The van der Waals surface area contributed by atoms with Gasteiger partial charge < -0.3 is 21.5 Å². The standard InChI is InChI=1S/C22H29N3O6S/c1-14(32-20(29)16-5-3-2-4-6-16)19(28)25-12-15-7-9-22(10-8-15,21(30)31)17(26)13-24-18(27)11-23/h2-6,14-15H,7-13,23H2,1H3,(H,24,27)(H,25,28)(H,30,31). The Hall–Kier alpha value is -2.72. The minimum Gasteiger partial charge on any atom is -0.480 e. The molecule has 0 spiro atoms. The molecule has 1 aromatic rings. The van der Waals surface area contributed by atoms with E-state index in [-0.39, 0.29) is 42.9 Å². The van der Waals surface area contributed by atoms with E-state index in [1.165, 1.54) is 0 Å². The maximum atomic E-state index is 12.5. The van der Waals surface area contributed by atoms with Gasteiger partial charge in [0.2, 0.25) is 16.9 Å². The van der Waals surface area contributed by atoms with Gasteiger partial charge >= 0.3 is 5.97 Å². The third-order valence-electron chi connectivity index (χ3n) is 5.76. The lowest BCUT2D eigenvalue weighted by molar-refractivity contribution is -0.158. The number of hydrogen-bond acceptors (Lipinski definition) is 7. The predicted octanol–water partition coefficient (Wildman–Crippen LogP) is 0.970. The van der Waals surface area contributed by atoms with Crippen LogP contribution in [0.4, 0.5) is 0 Å². The summed E-state index contributed by atoms with van der Waals surface area (Å²) in [7, 11) is 0. The van der Waals surface area contributed by atoms with E-state index in [9.17, 15) is 29.1 Å². The van der Waals surface area contributed by atoms with Crippen molar-refractivity contribution in [2.45, 2.75) is 37.9 Å². The van der Waals surface area contributed by atoms with Gasteiger partial charge in [-0.1, -0.05) is 42.1 Å². The van der Waals surface area contributed by atoms with Crippen LogP contribution >= 0.6 is 11.8 Å². The lowest BCUT2D eigenvalue weighted by Crippen LogP contribution is -2.48. The summed E-state index contributed by atoms with van der Waals surface area (Å²) in [6.45, 7) is 1.36. The van der Waals surface area contributed by atoms with Crippen LogP contribution in [-0.4, -0.2) is 58.7 Å². The zero-order valence-electron chi connectivity index (χ0n) is 18.0. The van der Waals surface area contributed by atoms with Crippen molar-refractivity contribution >= 4 is 40.4 Å². The monoisotopic (exact) mass is 463 g/mol. The first-order valence-corrected chi connectivity index (χ1v) is 11.3. The molecular formula is C22H29N3O6S. The molecule has 1 unspecified atom stereocenters. The highest BCUT2D eigenvalue weighted by molar-refractivity contribution is 8.15. The zero-order chi connectivity index (χ0) is 23.7. The van der Waals surface area contributed by atoms with Gasteiger partial charge in [-0.15, -0.1) is 0 Å². The second-order valence-corrected chi connectivity index (χ2v) is 9.21. The number of aliphatic carboxylic acids is 1. The van der Waals surface area contributed by atoms with Crippen LogP contribution in [0, 0.1) is 11.3 Å². The molecule has 0 saturated heterocycles. The third kappa shape index (κ3) is 6.64. The molecule has 10 heteroatoms. The summed E-state index contributed by atoms with van der Waals surface area (Å²) in [4.78, 5) is 60.3. The van der Waals surface area contributed by atoms with Crippen molar-refractivity contribution in [3.63, 3.8) is 0 Å². The minimum atomic E-state index is -1.53. The fraction of sp³-hybridized carbons (Fsp3) is 0.500. The second kappa shape index (κ2) is 11.8. The van der Waals surface area contributed by atoms with E-state index in [1.807, 2.05) is 6.07 Å². The molecule has 1 aliphatic rings. The van der Waals surface area contributed by atoms with Crippen LogP contribution in [0.15, 0.2) is 30.3 Å². The van der Waals surface area contributed by atoms with E-state index in [2.05, 4.69) is 10.6 Å². The number of nitrogens with one attached hydrogen (secondary N) is 2. The van der Waals surface area contributed by atoms with Gasteiger partial charge in [-0.25, -0.2) is 0 Å². The summed E-state index contributed by atoms with van der Waals surface area (Å²) >= 11 is 0.948. The molecule has 1 aliphatic carbocycles. The molecule has 0 aromatic heterocycles. The van der Waals surface area contributed by atoms with Crippen LogP contribution in [0.3, 0.4) is 0 Å². The normalized spacial score (nSPS) is 21.2. The third-order valence-corrected chi connectivity index (χ3v) is 6.78. The highest BCUT2D eigenvalue weighted by Crippen LogP contribution is 2.40. The molecule has 0 aliphatic heterocycles. The van der Waals surface area contributed by atoms with Gasteiger partial charge in [0.25, 0.3) is 0 Å².